The zero-order chi connectivity index (χ0) is 21.9. The van der Waals surface area contributed by atoms with E-state index in [0.717, 1.165) is 29.0 Å². The highest BCUT2D eigenvalue weighted by Gasteiger charge is 2.30. The number of anilines is 1. The number of rotatable bonds is 5. The number of benzene rings is 2. The molecule has 30 heavy (non-hydrogen) atoms. The molecule has 0 atom stereocenters. The van der Waals surface area contributed by atoms with E-state index in [-0.39, 0.29) is 11.6 Å². The Morgan fingerprint density at radius 2 is 1.93 bits per heavy atom. The van der Waals surface area contributed by atoms with Gasteiger partial charge < -0.3 is 9.88 Å². The van der Waals surface area contributed by atoms with Gasteiger partial charge in [-0.05, 0) is 25.1 Å². The van der Waals surface area contributed by atoms with Crippen LogP contribution in [0.25, 0.3) is 11.3 Å². The lowest BCUT2D eigenvalue weighted by Crippen LogP contribution is -2.15. The van der Waals surface area contributed by atoms with E-state index in [4.69, 9.17) is 0 Å². The highest BCUT2D eigenvalue weighted by Crippen LogP contribution is 2.33. The van der Waals surface area contributed by atoms with Gasteiger partial charge in [-0.2, -0.15) is 13.2 Å². The number of thiazole rings is 1. The van der Waals surface area contributed by atoms with Gasteiger partial charge in [-0.3, -0.25) is 4.79 Å². The highest BCUT2D eigenvalue weighted by molar-refractivity contribution is 7.14. The third-order valence-corrected chi connectivity index (χ3v) is 5.23. The lowest BCUT2D eigenvalue weighted by Gasteiger charge is -2.10. The molecule has 8 heteroatoms. The summed E-state index contributed by atoms with van der Waals surface area (Å²) in [5.41, 5.74) is 2.07. The molecule has 3 aromatic rings. The molecule has 1 N–H and O–H groups in total. The number of alkyl halides is 3. The lowest BCUT2D eigenvalue weighted by atomic mass is 10.1. The predicted molar refractivity (Wildman–Crippen MR) is 114 cm³/mol. The van der Waals surface area contributed by atoms with Crippen LogP contribution >= 0.6 is 11.3 Å². The topological polar surface area (TPSA) is 46.4 Å². The van der Waals surface area contributed by atoms with Gasteiger partial charge in [-0.15, -0.1) is 6.58 Å². The normalized spacial score (nSPS) is 12.1. The SMILES string of the molecule is C=CCn1c(-c2ccc(C)cc2)c(NC(C)=O)sc1=Nc1cccc(C(F)(F)F)c1. The number of aryl methyl sites for hydroxylation is 1. The van der Waals surface area contributed by atoms with E-state index in [1.807, 2.05) is 35.8 Å². The average molecular weight is 431 g/mol. The molecule has 1 heterocycles. The van der Waals surface area contributed by atoms with Gasteiger partial charge in [0.05, 0.1) is 16.9 Å². The van der Waals surface area contributed by atoms with Crippen molar-refractivity contribution in [1.82, 2.24) is 4.57 Å². The quantitative estimate of drug-likeness (QED) is 0.501. The van der Waals surface area contributed by atoms with Crippen molar-refractivity contribution in [1.29, 1.82) is 0 Å². The Morgan fingerprint density at radius 1 is 1.23 bits per heavy atom. The van der Waals surface area contributed by atoms with Gasteiger partial charge in [0.15, 0.2) is 4.80 Å². The third kappa shape index (κ3) is 4.88. The van der Waals surface area contributed by atoms with E-state index in [9.17, 15) is 18.0 Å². The van der Waals surface area contributed by atoms with Crippen molar-refractivity contribution in [2.75, 3.05) is 5.32 Å². The van der Waals surface area contributed by atoms with Crippen LogP contribution in [0.5, 0.6) is 0 Å². The molecule has 4 nitrogen and oxygen atoms in total. The van der Waals surface area contributed by atoms with Crippen molar-refractivity contribution in [3.8, 4) is 11.3 Å². The number of halogens is 3. The Morgan fingerprint density at radius 3 is 2.53 bits per heavy atom. The van der Waals surface area contributed by atoms with Crippen molar-refractivity contribution in [3.63, 3.8) is 0 Å². The first kappa shape index (κ1) is 21.6. The van der Waals surface area contributed by atoms with E-state index in [2.05, 4.69) is 16.9 Å². The molecule has 0 aliphatic carbocycles. The number of allylic oxidation sites excluding steroid dienone is 1. The number of carbonyl (C=O) groups is 1. The molecule has 156 valence electrons. The Kier molecular flexibility index (Phi) is 6.26. The lowest BCUT2D eigenvalue weighted by molar-refractivity contribution is -0.137. The highest BCUT2D eigenvalue weighted by atomic mass is 32.1. The molecular formula is C22H20F3N3OS. The largest absolute Gasteiger partial charge is 0.416 e. The molecule has 1 aromatic heterocycles. The molecule has 0 aliphatic rings. The number of carbonyl (C=O) groups excluding carboxylic acids is 1. The van der Waals surface area contributed by atoms with Gasteiger partial charge in [0.1, 0.15) is 5.00 Å². The first-order valence-electron chi connectivity index (χ1n) is 9.10. The molecular weight excluding hydrogens is 411 g/mol. The Hall–Kier alpha value is -3.13. The van der Waals surface area contributed by atoms with Crippen molar-refractivity contribution >= 4 is 27.9 Å². The van der Waals surface area contributed by atoms with Crippen LogP contribution in [0.3, 0.4) is 0 Å². The first-order valence-corrected chi connectivity index (χ1v) is 9.92. The van der Waals surface area contributed by atoms with Crippen LogP contribution < -0.4 is 10.1 Å². The Balaban J connectivity index is 2.24. The van der Waals surface area contributed by atoms with E-state index in [0.29, 0.717) is 16.3 Å². The number of nitrogens with zero attached hydrogens (tertiary/aromatic N) is 2. The molecule has 0 aliphatic heterocycles. The van der Waals surface area contributed by atoms with E-state index >= 15 is 0 Å². The summed E-state index contributed by atoms with van der Waals surface area (Å²) in [6.07, 6.45) is -2.78. The average Bonchev–Trinajstić information content (AvgIpc) is 2.98. The summed E-state index contributed by atoms with van der Waals surface area (Å²) >= 11 is 1.20. The van der Waals surface area contributed by atoms with Crippen LogP contribution in [0.15, 0.2) is 66.2 Å². The smallest absolute Gasteiger partial charge is 0.316 e. The molecule has 0 bridgehead atoms. The third-order valence-electron chi connectivity index (χ3n) is 4.23. The molecule has 0 saturated heterocycles. The van der Waals surface area contributed by atoms with Crippen LogP contribution in [-0.2, 0) is 17.5 Å². The number of aromatic nitrogens is 1. The van der Waals surface area contributed by atoms with E-state index < -0.39 is 11.7 Å². The fourth-order valence-corrected chi connectivity index (χ4v) is 4.03. The monoisotopic (exact) mass is 431 g/mol. The molecule has 3 rings (SSSR count). The number of hydrogen-bond acceptors (Lipinski definition) is 3. The van der Waals surface area contributed by atoms with Crippen molar-refractivity contribution in [3.05, 3.63) is 77.1 Å². The zero-order valence-corrected chi connectivity index (χ0v) is 17.3. The summed E-state index contributed by atoms with van der Waals surface area (Å²) in [5.74, 6) is -0.249. The van der Waals surface area contributed by atoms with Gasteiger partial charge in [0.2, 0.25) is 5.91 Å². The summed E-state index contributed by atoms with van der Waals surface area (Å²) in [7, 11) is 0. The van der Waals surface area contributed by atoms with Gasteiger partial charge in [-0.25, -0.2) is 4.99 Å². The molecule has 0 saturated carbocycles. The van der Waals surface area contributed by atoms with E-state index in [1.54, 1.807) is 6.08 Å². The second kappa shape index (κ2) is 8.71. The van der Waals surface area contributed by atoms with Crippen LogP contribution in [0.2, 0.25) is 0 Å². The van der Waals surface area contributed by atoms with Crippen LogP contribution in [-0.4, -0.2) is 10.5 Å². The summed E-state index contributed by atoms with van der Waals surface area (Å²) < 4.78 is 41.0. The predicted octanol–water partition coefficient (Wildman–Crippen LogP) is 5.92. The van der Waals surface area contributed by atoms with Gasteiger partial charge >= 0.3 is 6.18 Å². The maximum atomic E-state index is 13.1. The van der Waals surface area contributed by atoms with Gasteiger partial charge in [0, 0.05) is 19.0 Å². The minimum Gasteiger partial charge on any atom is -0.316 e. The van der Waals surface area contributed by atoms with Crippen molar-refractivity contribution < 1.29 is 18.0 Å². The summed E-state index contributed by atoms with van der Waals surface area (Å²) in [5, 5.41) is 3.38. The Labute approximate surface area is 176 Å². The second-order valence-corrected chi connectivity index (χ2v) is 7.65. The molecule has 0 fully saturated rings. The molecule has 1 amide bonds. The maximum Gasteiger partial charge on any atom is 0.416 e. The molecule has 2 aromatic carbocycles. The maximum absolute atomic E-state index is 13.1. The number of hydrogen-bond donors (Lipinski definition) is 1. The fourth-order valence-electron chi connectivity index (χ4n) is 2.90. The van der Waals surface area contributed by atoms with Crippen LogP contribution in [0, 0.1) is 6.92 Å². The van der Waals surface area contributed by atoms with Crippen molar-refractivity contribution in [2.24, 2.45) is 4.99 Å². The Bertz CT molecular complexity index is 1140. The minimum absolute atomic E-state index is 0.175. The minimum atomic E-state index is -4.45. The van der Waals surface area contributed by atoms with Crippen LogP contribution in [0.1, 0.15) is 18.1 Å². The zero-order valence-electron chi connectivity index (χ0n) is 16.5. The molecule has 0 radical (unpaired) electrons. The molecule has 0 unspecified atom stereocenters. The number of nitrogens with one attached hydrogen (secondary N) is 1. The standard InChI is InChI=1S/C22H20F3N3OS/c1-4-12-28-19(16-10-8-14(2)9-11-16)20(26-15(3)29)30-21(28)27-18-7-5-6-17(13-18)22(23,24)25/h4-11,13H,1,12H2,2-3H3,(H,26,29). The summed E-state index contributed by atoms with van der Waals surface area (Å²) in [6.45, 7) is 7.52. The fraction of sp³-hybridized carbons (Fsp3) is 0.182. The van der Waals surface area contributed by atoms with E-state index in [1.165, 1.54) is 30.4 Å². The first-order chi connectivity index (χ1) is 14.2. The summed E-state index contributed by atoms with van der Waals surface area (Å²) in [4.78, 5) is 16.7. The van der Waals surface area contributed by atoms with Crippen molar-refractivity contribution in [2.45, 2.75) is 26.6 Å². The number of amides is 1. The van der Waals surface area contributed by atoms with Crippen LogP contribution in [0.4, 0.5) is 23.9 Å². The molecule has 0 spiro atoms. The van der Waals surface area contributed by atoms with Gasteiger partial charge in [0.25, 0.3) is 0 Å². The second-order valence-electron chi connectivity index (χ2n) is 6.67. The van der Waals surface area contributed by atoms with Gasteiger partial charge in [-0.1, -0.05) is 53.3 Å². The summed E-state index contributed by atoms with van der Waals surface area (Å²) in [6, 6.07) is 12.6.